The van der Waals surface area contributed by atoms with E-state index in [1.54, 1.807) is 0 Å². The average Bonchev–Trinajstić information content (AvgIpc) is 2.40. The molecule has 0 aliphatic carbocycles. The molecule has 0 radical (unpaired) electrons. The van der Waals surface area contributed by atoms with Crippen LogP contribution in [0.4, 0.5) is 5.82 Å². The van der Waals surface area contributed by atoms with Gasteiger partial charge in [0.05, 0.1) is 0 Å². The van der Waals surface area contributed by atoms with Gasteiger partial charge < -0.3 is 10.1 Å². The molecule has 0 bridgehead atoms. The van der Waals surface area contributed by atoms with Crippen molar-refractivity contribution in [2.45, 2.75) is 33.6 Å². The van der Waals surface area contributed by atoms with Gasteiger partial charge in [-0.2, -0.15) is 0 Å². The Bertz CT molecular complexity index is 309. The minimum atomic E-state index is 0.737. The van der Waals surface area contributed by atoms with E-state index < -0.39 is 0 Å². The third-order valence-electron chi connectivity index (χ3n) is 2.83. The van der Waals surface area contributed by atoms with Gasteiger partial charge in [-0.1, -0.05) is 13.8 Å². The highest BCUT2D eigenvalue weighted by Crippen LogP contribution is 2.15. The zero-order chi connectivity index (χ0) is 12.5. The number of aryl methyl sites for hydroxylation is 1. The summed E-state index contributed by atoms with van der Waals surface area (Å²) in [6, 6.07) is 4.10. The van der Waals surface area contributed by atoms with E-state index >= 15 is 0 Å². The summed E-state index contributed by atoms with van der Waals surface area (Å²) in [5.74, 6) is 1.72. The van der Waals surface area contributed by atoms with Gasteiger partial charge >= 0.3 is 0 Å². The summed E-state index contributed by atoms with van der Waals surface area (Å²) >= 11 is 0. The summed E-state index contributed by atoms with van der Waals surface area (Å²) < 4.78 is 5.33. The average molecular weight is 236 g/mol. The van der Waals surface area contributed by atoms with Crippen molar-refractivity contribution in [1.82, 2.24) is 4.98 Å². The molecule has 0 amide bonds. The number of anilines is 1. The minimum Gasteiger partial charge on any atom is -0.381 e. The van der Waals surface area contributed by atoms with Gasteiger partial charge in [-0.05, 0) is 43.4 Å². The van der Waals surface area contributed by atoms with Gasteiger partial charge in [-0.3, -0.25) is 0 Å². The van der Waals surface area contributed by atoms with E-state index in [1.807, 2.05) is 26.1 Å². The second-order valence-corrected chi connectivity index (χ2v) is 4.16. The molecule has 0 saturated carbocycles. The van der Waals surface area contributed by atoms with E-state index in [-0.39, 0.29) is 0 Å². The van der Waals surface area contributed by atoms with Crippen LogP contribution in [0.1, 0.15) is 32.3 Å². The number of pyridine rings is 1. The molecule has 1 aromatic heterocycles. The van der Waals surface area contributed by atoms with Crippen LogP contribution in [-0.2, 0) is 4.74 Å². The first-order valence-corrected chi connectivity index (χ1v) is 6.59. The molecule has 3 heteroatoms. The van der Waals surface area contributed by atoms with Gasteiger partial charge in [-0.25, -0.2) is 4.98 Å². The molecule has 0 aromatic carbocycles. The van der Waals surface area contributed by atoms with Gasteiger partial charge in [0.25, 0.3) is 0 Å². The maximum Gasteiger partial charge on any atom is 0.126 e. The summed E-state index contributed by atoms with van der Waals surface area (Å²) in [4.78, 5) is 4.28. The number of ether oxygens (including phenoxy) is 1. The fourth-order valence-electron chi connectivity index (χ4n) is 1.83. The lowest BCUT2D eigenvalue weighted by Gasteiger charge is -2.22. The number of rotatable bonds is 3. The monoisotopic (exact) mass is 236 g/mol. The molecule has 1 aromatic rings. The predicted octanol–water partition coefficient (Wildman–Crippen LogP) is 3.25. The fourth-order valence-corrected chi connectivity index (χ4v) is 1.83. The molecule has 17 heavy (non-hydrogen) atoms. The van der Waals surface area contributed by atoms with Gasteiger partial charge in [0.1, 0.15) is 5.82 Å². The molecule has 96 valence electrons. The lowest BCUT2D eigenvalue weighted by molar-refractivity contribution is 0.0699. The maximum absolute atomic E-state index is 5.33. The second kappa shape index (κ2) is 8.07. The highest BCUT2D eigenvalue weighted by Gasteiger charge is 2.13. The third kappa shape index (κ3) is 5.18. The fraction of sp³-hybridized carbons (Fsp3) is 0.643. The van der Waals surface area contributed by atoms with Crippen molar-refractivity contribution in [2.75, 3.05) is 25.1 Å². The molecule has 1 aliphatic heterocycles. The number of nitrogens with zero attached hydrogens (tertiary/aromatic N) is 1. The van der Waals surface area contributed by atoms with Crippen LogP contribution >= 0.6 is 0 Å². The second-order valence-electron chi connectivity index (χ2n) is 4.16. The van der Waals surface area contributed by atoms with Crippen LogP contribution in [0.15, 0.2) is 18.3 Å². The number of aromatic nitrogens is 1. The van der Waals surface area contributed by atoms with Crippen LogP contribution < -0.4 is 5.32 Å². The lowest BCUT2D eigenvalue weighted by atomic mass is 10.0. The normalized spacial score (nSPS) is 15.9. The molecule has 0 atom stereocenters. The molecule has 2 rings (SSSR count). The molecule has 2 heterocycles. The lowest BCUT2D eigenvalue weighted by Crippen LogP contribution is -2.22. The molecule has 3 nitrogen and oxygen atoms in total. The Labute approximate surface area is 105 Å². The van der Waals surface area contributed by atoms with Crippen LogP contribution in [0.5, 0.6) is 0 Å². The van der Waals surface area contributed by atoms with Crippen molar-refractivity contribution >= 4 is 5.82 Å². The van der Waals surface area contributed by atoms with Crippen LogP contribution in [0, 0.1) is 12.8 Å². The van der Waals surface area contributed by atoms with E-state index in [1.165, 1.54) is 18.4 Å². The number of nitrogens with one attached hydrogen (secondary N) is 1. The molecule has 0 unspecified atom stereocenters. The summed E-state index contributed by atoms with van der Waals surface area (Å²) in [5, 5.41) is 3.39. The van der Waals surface area contributed by atoms with Crippen LogP contribution in [0.3, 0.4) is 0 Å². The SMILES string of the molecule is CC.Cc1ccnc(NCC2CCOCC2)c1. The molecule has 1 saturated heterocycles. The topological polar surface area (TPSA) is 34.2 Å². The first kappa shape index (κ1) is 14.0. The minimum absolute atomic E-state index is 0.737. The molecular weight excluding hydrogens is 212 g/mol. The summed E-state index contributed by atoms with van der Waals surface area (Å²) in [5.41, 5.74) is 1.25. The Balaban J connectivity index is 0.000000686. The summed E-state index contributed by atoms with van der Waals surface area (Å²) in [6.07, 6.45) is 4.18. The third-order valence-corrected chi connectivity index (χ3v) is 2.83. The first-order valence-electron chi connectivity index (χ1n) is 6.59. The first-order chi connectivity index (χ1) is 8.34. The van der Waals surface area contributed by atoms with E-state index in [4.69, 9.17) is 4.74 Å². The Kier molecular flexibility index (Phi) is 6.63. The Morgan fingerprint density at radius 2 is 2.06 bits per heavy atom. The van der Waals surface area contributed by atoms with Crippen molar-refractivity contribution in [3.05, 3.63) is 23.9 Å². The molecule has 1 fully saturated rings. The van der Waals surface area contributed by atoms with Gasteiger partial charge in [0, 0.05) is 26.0 Å². The molecule has 1 aliphatic rings. The van der Waals surface area contributed by atoms with E-state index in [0.717, 1.165) is 31.5 Å². The Morgan fingerprint density at radius 1 is 1.35 bits per heavy atom. The summed E-state index contributed by atoms with van der Waals surface area (Å²) in [6.45, 7) is 8.92. The highest BCUT2D eigenvalue weighted by atomic mass is 16.5. The maximum atomic E-state index is 5.33. The Morgan fingerprint density at radius 3 is 2.71 bits per heavy atom. The highest BCUT2D eigenvalue weighted by molar-refractivity contribution is 5.36. The molecule has 0 spiro atoms. The smallest absolute Gasteiger partial charge is 0.126 e. The van der Waals surface area contributed by atoms with Crippen molar-refractivity contribution in [3.8, 4) is 0 Å². The van der Waals surface area contributed by atoms with Crippen molar-refractivity contribution in [1.29, 1.82) is 0 Å². The van der Waals surface area contributed by atoms with Crippen LogP contribution in [0.25, 0.3) is 0 Å². The van der Waals surface area contributed by atoms with Crippen molar-refractivity contribution in [3.63, 3.8) is 0 Å². The van der Waals surface area contributed by atoms with Gasteiger partial charge in [0.15, 0.2) is 0 Å². The zero-order valence-electron chi connectivity index (χ0n) is 11.2. The molecule has 1 N–H and O–H groups in total. The standard InChI is InChI=1S/C12H18N2O.C2H6/c1-10-2-5-13-12(8-10)14-9-11-3-6-15-7-4-11;1-2/h2,5,8,11H,3-4,6-7,9H2,1H3,(H,13,14);1-2H3. The van der Waals surface area contributed by atoms with Crippen molar-refractivity contribution < 1.29 is 4.74 Å². The molecular formula is C14H24N2O. The zero-order valence-corrected chi connectivity index (χ0v) is 11.2. The van der Waals surface area contributed by atoms with E-state index in [9.17, 15) is 0 Å². The van der Waals surface area contributed by atoms with E-state index in [2.05, 4.69) is 23.3 Å². The quantitative estimate of drug-likeness (QED) is 0.874. The summed E-state index contributed by atoms with van der Waals surface area (Å²) in [7, 11) is 0. The predicted molar refractivity (Wildman–Crippen MR) is 72.4 cm³/mol. The Hall–Kier alpha value is -1.09. The van der Waals surface area contributed by atoms with E-state index in [0.29, 0.717) is 0 Å². The van der Waals surface area contributed by atoms with Crippen LogP contribution in [-0.4, -0.2) is 24.7 Å². The van der Waals surface area contributed by atoms with Crippen molar-refractivity contribution in [2.24, 2.45) is 5.92 Å². The van der Waals surface area contributed by atoms with Crippen LogP contribution in [0.2, 0.25) is 0 Å². The number of hydrogen-bond acceptors (Lipinski definition) is 3. The van der Waals surface area contributed by atoms with Gasteiger partial charge in [0.2, 0.25) is 0 Å². The number of hydrogen-bond donors (Lipinski definition) is 1. The van der Waals surface area contributed by atoms with Gasteiger partial charge in [-0.15, -0.1) is 0 Å². The largest absolute Gasteiger partial charge is 0.381 e.